The van der Waals surface area contributed by atoms with Crippen LogP contribution in [0.3, 0.4) is 0 Å². The van der Waals surface area contributed by atoms with Crippen LogP contribution < -0.4 is 10.5 Å². The van der Waals surface area contributed by atoms with Gasteiger partial charge in [-0.3, -0.25) is 9.89 Å². The molecule has 160 valence electrons. The molecule has 4 rings (SSSR count). The zero-order valence-electron chi connectivity index (χ0n) is 16.5. The molecule has 3 aromatic rings. The highest BCUT2D eigenvalue weighted by Crippen LogP contribution is 2.29. The monoisotopic (exact) mass is 449 g/mol. The molecule has 1 aliphatic rings. The summed E-state index contributed by atoms with van der Waals surface area (Å²) in [5, 5.41) is 16.1. The molecular weight excluding hydrogens is 426 g/mol. The number of rotatable bonds is 4. The van der Waals surface area contributed by atoms with Crippen molar-refractivity contribution in [2.24, 2.45) is 11.1 Å². The van der Waals surface area contributed by atoms with Crippen LogP contribution in [0.5, 0.6) is 0 Å². The number of amides is 1. The van der Waals surface area contributed by atoms with Gasteiger partial charge in [0.2, 0.25) is 15.9 Å². The highest BCUT2D eigenvalue weighted by Gasteiger charge is 2.24. The Bertz CT molecular complexity index is 1150. The fourth-order valence-electron chi connectivity index (χ4n) is 3.62. The largest absolute Gasteiger partial charge is 0.308 e. The maximum absolute atomic E-state index is 12.6. The zero-order valence-corrected chi connectivity index (χ0v) is 18.1. The minimum atomic E-state index is -3.73. The number of aromatic nitrogens is 2. The molecule has 2 heterocycles. The molecule has 0 bridgehead atoms. The number of halogens is 1. The molecule has 0 atom stereocenters. The minimum absolute atomic E-state index is 0. The van der Waals surface area contributed by atoms with Crippen molar-refractivity contribution in [3.8, 4) is 11.1 Å². The zero-order chi connectivity index (χ0) is 20.6. The molecule has 0 unspecified atom stereocenters. The summed E-state index contributed by atoms with van der Waals surface area (Å²) in [4.78, 5) is 14.9. The Hall–Kier alpha value is -2.46. The first-order chi connectivity index (χ1) is 13.8. The molecule has 4 N–H and O–H groups in total. The number of anilines is 1. The van der Waals surface area contributed by atoms with E-state index in [1.165, 1.54) is 12.1 Å². The van der Waals surface area contributed by atoms with Crippen molar-refractivity contribution in [3.05, 3.63) is 42.5 Å². The normalized spacial score (nSPS) is 15.7. The third kappa shape index (κ3) is 4.65. The molecule has 0 spiro atoms. The molecule has 1 aromatic heterocycles. The predicted molar refractivity (Wildman–Crippen MR) is 119 cm³/mol. The Morgan fingerprint density at radius 1 is 1.13 bits per heavy atom. The van der Waals surface area contributed by atoms with Crippen molar-refractivity contribution in [3.63, 3.8) is 0 Å². The van der Waals surface area contributed by atoms with Gasteiger partial charge in [0.15, 0.2) is 5.82 Å². The Morgan fingerprint density at radius 2 is 1.77 bits per heavy atom. The van der Waals surface area contributed by atoms with Crippen LogP contribution in [0, 0.1) is 5.92 Å². The summed E-state index contributed by atoms with van der Waals surface area (Å²) in [6.45, 7) is 1.83. The summed E-state index contributed by atoms with van der Waals surface area (Å²) in [5.41, 5.74) is 2.54. The van der Waals surface area contributed by atoms with Crippen molar-refractivity contribution in [1.29, 1.82) is 0 Å². The van der Waals surface area contributed by atoms with E-state index in [4.69, 9.17) is 5.14 Å². The van der Waals surface area contributed by atoms with Crippen LogP contribution >= 0.6 is 12.4 Å². The first-order valence-electron chi connectivity index (χ1n) is 9.42. The van der Waals surface area contributed by atoms with Crippen LogP contribution in [0.4, 0.5) is 5.82 Å². The summed E-state index contributed by atoms with van der Waals surface area (Å²) >= 11 is 0. The molecule has 1 aliphatic heterocycles. The first-order valence-corrected chi connectivity index (χ1v) is 11.0. The molecule has 0 saturated carbocycles. The molecule has 0 aliphatic carbocycles. The quantitative estimate of drug-likeness (QED) is 0.565. The Morgan fingerprint density at radius 3 is 2.40 bits per heavy atom. The van der Waals surface area contributed by atoms with Gasteiger partial charge >= 0.3 is 0 Å². The van der Waals surface area contributed by atoms with E-state index in [1.807, 2.05) is 18.2 Å². The van der Waals surface area contributed by atoms with Gasteiger partial charge < -0.3 is 10.2 Å². The lowest BCUT2D eigenvalue weighted by molar-refractivity contribution is -0.121. The molecule has 1 fully saturated rings. The highest BCUT2D eigenvalue weighted by molar-refractivity contribution is 7.89. The van der Waals surface area contributed by atoms with Crippen LogP contribution in [0.2, 0.25) is 0 Å². The van der Waals surface area contributed by atoms with E-state index in [2.05, 4.69) is 27.5 Å². The number of hydrogen-bond acceptors (Lipinski definition) is 5. The molecule has 0 radical (unpaired) electrons. The van der Waals surface area contributed by atoms with Gasteiger partial charge in [0.05, 0.1) is 10.4 Å². The van der Waals surface area contributed by atoms with Gasteiger partial charge in [-0.2, -0.15) is 5.10 Å². The summed E-state index contributed by atoms with van der Waals surface area (Å²) in [7, 11) is -1.67. The molecule has 2 aromatic carbocycles. The van der Waals surface area contributed by atoms with Gasteiger partial charge in [0.1, 0.15) is 0 Å². The van der Waals surface area contributed by atoms with Crippen molar-refractivity contribution in [2.45, 2.75) is 17.7 Å². The number of nitrogens with one attached hydrogen (secondary N) is 2. The summed E-state index contributed by atoms with van der Waals surface area (Å²) < 4.78 is 22.9. The first kappa shape index (κ1) is 22.2. The lowest BCUT2D eigenvalue weighted by atomic mass is 9.96. The molecule has 1 amide bonds. The molecular formula is C20H24ClN5O3S. The number of aromatic amines is 1. The van der Waals surface area contributed by atoms with Gasteiger partial charge in [-0.1, -0.05) is 18.2 Å². The number of sulfonamides is 1. The van der Waals surface area contributed by atoms with Crippen molar-refractivity contribution in [2.75, 3.05) is 25.5 Å². The van der Waals surface area contributed by atoms with Crippen LogP contribution in [-0.2, 0) is 14.8 Å². The van der Waals surface area contributed by atoms with Crippen LogP contribution in [0.1, 0.15) is 12.8 Å². The minimum Gasteiger partial charge on any atom is -0.308 e. The van der Waals surface area contributed by atoms with Gasteiger partial charge in [-0.05, 0) is 68.4 Å². The van der Waals surface area contributed by atoms with Gasteiger partial charge in [-0.15, -0.1) is 12.4 Å². The predicted octanol–water partition coefficient (Wildman–Crippen LogP) is 2.58. The van der Waals surface area contributed by atoms with Crippen LogP contribution in [-0.4, -0.2) is 49.6 Å². The maximum atomic E-state index is 12.6. The number of fused-ring (bicyclic) bond motifs is 1. The summed E-state index contributed by atoms with van der Waals surface area (Å²) in [6.07, 6.45) is 1.68. The average Bonchev–Trinajstić information content (AvgIpc) is 3.10. The summed E-state index contributed by atoms with van der Waals surface area (Å²) in [5.74, 6) is 0.494. The number of carbonyl (C=O) groups excluding carboxylic acids is 1. The Kier molecular flexibility index (Phi) is 6.47. The molecule has 10 heteroatoms. The number of hydrogen-bond donors (Lipinski definition) is 3. The molecule has 8 nitrogen and oxygen atoms in total. The number of H-pyrrole nitrogens is 1. The van der Waals surface area contributed by atoms with E-state index < -0.39 is 10.0 Å². The van der Waals surface area contributed by atoms with E-state index in [9.17, 15) is 13.2 Å². The third-order valence-electron chi connectivity index (χ3n) is 5.41. The lowest BCUT2D eigenvalue weighted by Gasteiger charge is -2.27. The van der Waals surface area contributed by atoms with Crippen molar-refractivity contribution < 1.29 is 13.2 Å². The second-order valence-electron chi connectivity index (χ2n) is 7.47. The number of piperidine rings is 1. The van der Waals surface area contributed by atoms with E-state index in [-0.39, 0.29) is 29.1 Å². The topological polar surface area (TPSA) is 121 Å². The fourth-order valence-corrected chi connectivity index (χ4v) is 4.13. The lowest BCUT2D eigenvalue weighted by Crippen LogP contribution is -2.36. The number of likely N-dealkylation sites (tertiary alicyclic amines) is 1. The molecule has 1 saturated heterocycles. The number of primary sulfonamides is 1. The van der Waals surface area contributed by atoms with E-state index in [0.29, 0.717) is 5.82 Å². The van der Waals surface area contributed by atoms with Crippen molar-refractivity contribution >= 4 is 45.1 Å². The van der Waals surface area contributed by atoms with Gasteiger partial charge in [0.25, 0.3) is 0 Å². The van der Waals surface area contributed by atoms with Gasteiger partial charge in [0, 0.05) is 11.3 Å². The van der Waals surface area contributed by atoms with E-state index in [1.54, 1.807) is 12.1 Å². The van der Waals surface area contributed by atoms with Crippen molar-refractivity contribution in [1.82, 2.24) is 15.1 Å². The Balaban J connectivity index is 0.00000256. The number of nitrogens with two attached hydrogens (primary N) is 1. The standard InChI is InChI=1S/C20H23N5O3S.ClH/c1-25-10-8-14(9-11-25)20(26)22-19-17-12-15(4-7-18(17)23-24-19)13-2-5-16(6-3-13)29(21,27)28;/h2-7,12,14H,8-11H2,1H3,(H2,21,27,28)(H2,22,23,24,26);1H. The SMILES string of the molecule is CN1CCC(C(=O)Nc2n[nH]c3ccc(-c4ccc(S(N)(=O)=O)cc4)cc23)CC1.Cl. The van der Waals surface area contributed by atoms with E-state index in [0.717, 1.165) is 48.0 Å². The molecule has 30 heavy (non-hydrogen) atoms. The second kappa shape index (κ2) is 8.73. The summed E-state index contributed by atoms with van der Waals surface area (Å²) in [6, 6.07) is 12.1. The maximum Gasteiger partial charge on any atom is 0.238 e. The Labute approximate surface area is 181 Å². The van der Waals surface area contributed by atoms with E-state index >= 15 is 0 Å². The number of benzene rings is 2. The van der Waals surface area contributed by atoms with Crippen LogP contribution in [0.25, 0.3) is 22.0 Å². The smallest absolute Gasteiger partial charge is 0.238 e. The highest BCUT2D eigenvalue weighted by atomic mass is 35.5. The average molecular weight is 450 g/mol. The second-order valence-corrected chi connectivity index (χ2v) is 9.03. The van der Waals surface area contributed by atoms with Gasteiger partial charge in [-0.25, -0.2) is 13.6 Å². The fraction of sp³-hybridized carbons (Fsp3) is 0.300. The number of carbonyl (C=O) groups is 1. The number of nitrogens with zero attached hydrogens (tertiary/aromatic N) is 2. The third-order valence-corrected chi connectivity index (χ3v) is 6.34. The van der Waals surface area contributed by atoms with Crippen LogP contribution in [0.15, 0.2) is 47.4 Å².